The van der Waals surface area contributed by atoms with Gasteiger partial charge in [-0.05, 0) is 49.2 Å². The number of esters is 1. The molecule has 0 atom stereocenters. The fourth-order valence-electron chi connectivity index (χ4n) is 3.66. The zero-order valence-corrected chi connectivity index (χ0v) is 15.9. The molecule has 1 aliphatic carbocycles. The summed E-state index contributed by atoms with van der Waals surface area (Å²) >= 11 is 0. The highest BCUT2D eigenvalue weighted by Gasteiger charge is 2.35. The smallest absolute Gasteiger partial charge is 0.410 e. The molecule has 27 heavy (non-hydrogen) atoms. The lowest BCUT2D eigenvalue weighted by Crippen LogP contribution is -2.43. The van der Waals surface area contributed by atoms with Gasteiger partial charge in [-0.1, -0.05) is 42.5 Å². The Kier molecular flexibility index (Phi) is 6.32. The number of likely N-dealkylation sites (tertiary alicyclic amines) is 1. The van der Waals surface area contributed by atoms with E-state index in [9.17, 15) is 9.59 Å². The third-order valence-electron chi connectivity index (χ3n) is 5.37. The van der Waals surface area contributed by atoms with Crippen LogP contribution in [0, 0.1) is 5.41 Å². The second-order valence-corrected chi connectivity index (χ2v) is 7.19. The molecule has 1 aromatic carbocycles. The number of hydrogen-bond acceptors (Lipinski definition) is 4. The van der Waals surface area contributed by atoms with Gasteiger partial charge in [-0.25, -0.2) is 9.59 Å². The quantitative estimate of drug-likeness (QED) is 0.588. The van der Waals surface area contributed by atoms with E-state index in [1.165, 1.54) is 0 Å². The van der Waals surface area contributed by atoms with Gasteiger partial charge in [0.25, 0.3) is 0 Å². The first-order valence-corrected chi connectivity index (χ1v) is 9.62. The lowest BCUT2D eigenvalue weighted by Gasteiger charge is -2.41. The lowest BCUT2D eigenvalue weighted by molar-refractivity contribution is -0.137. The normalized spacial score (nSPS) is 19.9. The molecule has 0 N–H and O–H groups in total. The first-order valence-electron chi connectivity index (χ1n) is 9.62. The maximum atomic E-state index is 12.3. The fraction of sp³-hybridized carbons (Fsp3) is 0.455. The van der Waals surface area contributed by atoms with E-state index in [-0.39, 0.29) is 17.5 Å². The average molecular weight is 369 g/mol. The standard InChI is InChI=1S/C22H27NO4/c1-2-26-20(24)16-18-8-10-22(11-9-18)12-14-23(15-13-22)21(25)27-17-19-6-4-3-5-7-19/h3-8,10,16H,2,9,11-15,17H2,1H3/b18-16-. The van der Waals surface area contributed by atoms with Crippen LogP contribution in [0.15, 0.2) is 54.1 Å². The van der Waals surface area contributed by atoms with E-state index in [4.69, 9.17) is 9.47 Å². The zero-order valence-electron chi connectivity index (χ0n) is 15.9. The number of carbonyl (C=O) groups excluding carboxylic acids is 2. The number of piperidine rings is 1. The molecular formula is C22H27NO4. The van der Waals surface area contributed by atoms with Crippen molar-refractivity contribution in [1.29, 1.82) is 0 Å². The van der Waals surface area contributed by atoms with Crippen LogP contribution in [0.1, 0.15) is 38.2 Å². The number of amides is 1. The van der Waals surface area contributed by atoms with Crippen molar-refractivity contribution in [1.82, 2.24) is 4.90 Å². The van der Waals surface area contributed by atoms with Crippen LogP contribution in [-0.4, -0.2) is 36.7 Å². The summed E-state index contributed by atoms with van der Waals surface area (Å²) in [5, 5.41) is 0. The maximum absolute atomic E-state index is 12.3. The molecule has 5 heteroatoms. The summed E-state index contributed by atoms with van der Waals surface area (Å²) in [5.41, 5.74) is 2.14. The Morgan fingerprint density at radius 3 is 2.48 bits per heavy atom. The van der Waals surface area contributed by atoms with Crippen LogP contribution in [-0.2, 0) is 20.9 Å². The highest BCUT2D eigenvalue weighted by molar-refractivity contribution is 5.83. The van der Waals surface area contributed by atoms with Gasteiger partial charge in [0.2, 0.25) is 0 Å². The summed E-state index contributed by atoms with van der Waals surface area (Å²) in [7, 11) is 0. The maximum Gasteiger partial charge on any atom is 0.410 e. The molecule has 0 bridgehead atoms. The Hall–Kier alpha value is -2.56. The molecule has 1 aliphatic heterocycles. The van der Waals surface area contributed by atoms with Crippen LogP contribution in [0.25, 0.3) is 0 Å². The Bertz CT molecular complexity index is 715. The minimum absolute atomic E-state index is 0.127. The van der Waals surface area contributed by atoms with Gasteiger partial charge in [-0.3, -0.25) is 0 Å². The predicted molar refractivity (Wildman–Crippen MR) is 103 cm³/mol. The summed E-state index contributed by atoms with van der Waals surface area (Å²) in [6, 6.07) is 9.72. The van der Waals surface area contributed by atoms with E-state index < -0.39 is 0 Å². The largest absolute Gasteiger partial charge is 0.463 e. The topological polar surface area (TPSA) is 55.8 Å². The van der Waals surface area contributed by atoms with Crippen LogP contribution in [0.5, 0.6) is 0 Å². The molecule has 0 unspecified atom stereocenters. The van der Waals surface area contributed by atoms with E-state index in [0.29, 0.717) is 26.3 Å². The molecule has 5 nitrogen and oxygen atoms in total. The van der Waals surface area contributed by atoms with Crippen molar-refractivity contribution in [3.63, 3.8) is 0 Å². The molecule has 1 aromatic rings. The van der Waals surface area contributed by atoms with Crippen LogP contribution < -0.4 is 0 Å². The molecule has 1 spiro atoms. The van der Waals surface area contributed by atoms with E-state index in [1.807, 2.05) is 36.4 Å². The number of ether oxygens (including phenoxy) is 2. The summed E-state index contributed by atoms with van der Waals surface area (Å²) < 4.78 is 10.4. The third kappa shape index (κ3) is 5.22. The summed E-state index contributed by atoms with van der Waals surface area (Å²) in [6.45, 7) is 3.92. The second kappa shape index (κ2) is 8.89. The van der Waals surface area contributed by atoms with Gasteiger partial charge in [0.1, 0.15) is 6.61 Å². The number of rotatable bonds is 4. The third-order valence-corrected chi connectivity index (χ3v) is 5.37. The molecule has 2 aliphatic rings. The minimum atomic E-state index is -0.274. The molecule has 0 saturated carbocycles. The van der Waals surface area contributed by atoms with Gasteiger partial charge in [0.05, 0.1) is 6.61 Å². The molecule has 1 amide bonds. The van der Waals surface area contributed by atoms with E-state index >= 15 is 0 Å². The van der Waals surface area contributed by atoms with Crippen molar-refractivity contribution >= 4 is 12.1 Å². The van der Waals surface area contributed by atoms with Crippen molar-refractivity contribution in [2.24, 2.45) is 5.41 Å². The predicted octanol–water partition coefficient (Wildman–Crippen LogP) is 4.24. The number of hydrogen-bond donors (Lipinski definition) is 0. The molecule has 1 saturated heterocycles. The van der Waals surface area contributed by atoms with Crippen LogP contribution in [0.2, 0.25) is 0 Å². The second-order valence-electron chi connectivity index (χ2n) is 7.19. The lowest BCUT2D eigenvalue weighted by atomic mass is 9.71. The monoisotopic (exact) mass is 369 g/mol. The Labute approximate surface area is 160 Å². The van der Waals surface area contributed by atoms with E-state index in [2.05, 4.69) is 6.08 Å². The van der Waals surface area contributed by atoms with E-state index in [0.717, 1.165) is 36.8 Å². The molecule has 3 rings (SSSR count). The van der Waals surface area contributed by atoms with Crippen LogP contribution in [0.3, 0.4) is 0 Å². The zero-order chi connectivity index (χ0) is 19.1. The van der Waals surface area contributed by atoms with Crippen molar-refractivity contribution in [2.45, 2.75) is 39.2 Å². The van der Waals surface area contributed by atoms with Gasteiger partial charge in [-0.15, -0.1) is 0 Å². The fourth-order valence-corrected chi connectivity index (χ4v) is 3.66. The van der Waals surface area contributed by atoms with Crippen molar-refractivity contribution in [2.75, 3.05) is 19.7 Å². The summed E-state index contributed by atoms with van der Waals surface area (Å²) in [6.07, 6.45) is 9.33. The summed E-state index contributed by atoms with van der Waals surface area (Å²) in [4.78, 5) is 25.7. The van der Waals surface area contributed by atoms with E-state index in [1.54, 1.807) is 17.9 Å². The van der Waals surface area contributed by atoms with Crippen molar-refractivity contribution in [3.05, 3.63) is 59.7 Å². The Morgan fingerprint density at radius 1 is 1.11 bits per heavy atom. The highest BCUT2D eigenvalue weighted by Crippen LogP contribution is 2.42. The molecule has 1 heterocycles. The summed E-state index contributed by atoms with van der Waals surface area (Å²) in [5.74, 6) is -0.274. The van der Waals surface area contributed by atoms with Gasteiger partial charge < -0.3 is 14.4 Å². The first kappa shape index (κ1) is 19.2. The van der Waals surface area contributed by atoms with Crippen molar-refractivity contribution < 1.29 is 19.1 Å². The Balaban J connectivity index is 1.48. The highest BCUT2D eigenvalue weighted by atomic mass is 16.6. The average Bonchev–Trinajstić information content (AvgIpc) is 2.70. The number of carbonyl (C=O) groups is 2. The molecular weight excluding hydrogens is 342 g/mol. The molecule has 1 fully saturated rings. The van der Waals surface area contributed by atoms with Gasteiger partial charge in [0, 0.05) is 19.2 Å². The van der Waals surface area contributed by atoms with Crippen molar-refractivity contribution in [3.8, 4) is 0 Å². The number of nitrogens with zero attached hydrogens (tertiary/aromatic N) is 1. The van der Waals surface area contributed by atoms with Crippen LogP contribution >= 0.6 is 0 Å². The van der Waals surface area contributed by atoms with Gasteiger partial charge >= 0.3 is 12.1 Å². The SMILES string of the molecule is CCOC(=O)/C=C1/C=CC2(CC1)CCN(C(=O)OCc1ccccc1)CC2. The van der Waals surface area contributed by atoms with Crippen LogP contribution in [0.4, 0.5) is 4.79 Å². The van der Waals surface area contributed by atoms with Gasteiger partial charge in [-0.2, -0.15) is 0 Å². The van der Waals surface area contributed by atoms with Gasteiger partial charge in [0.15, 0.2) is 0 Å². The molecule has 0 aromatic heterocycles. The molecule has 144 valence electrons. The number of allylic oxidation sites excluding steroid dienone is 3. The molecule has 0 radical (unpaired) electrons. The Morgan fingerprint density at radius 2 is 1.85 bits per heavy atom. The minimum Gasteiger partial charge on any atom is -0.463 e. The number of benzene rings is 1. The first-order chi connectivity index (χ1) is 13.1.